The van der Waals surface area contributed by atoms with Gasteiger partial charge >= 0.3 is 0 Å². The number of benzene rings is 1. The van der Waals surface area contributed by atoms with Gasteiger partial charge in [0, 0.05) is 5.75 Å². The van der Waals surface area contributed by atoms with Gasteiger partial charge in [-0.3, -0.25) is 4.79 Å². The zero-order valence-corrected chi connectivity index (χ0v) is 10.7. The highest BCUT2D eigenvalue weighted by Gasteiger charge is 2.06. The Labute approximate surface area is 108 Å². The van der Waals surface area contributed by atoms with E-state index in [-0.39, 0.29) is 5.91 Å². The van der Waals surface area contributed by atoms with Crippen LogP contribution in [-0.2, 0) is 4.79 Å². The molecular formula is C10H11Cl2NO2S. The lowest BCUT2D eigenvalue weighted by Gasteiger charge is -2.08. The van der Waals surface area contributed by atoms with Gasteiger partial charge in [-0.05, 0) is 12.1 Å². The Bertz CT molecular complexity index is 354. The van der Waals surface area contributed by atoms with E-state index < -0.39 is 0 Å². The Hall–Kier alpha value is -0.580. The largest absolute Gasteiger partial charge is 0.490 e. The number of rotatable bonds is 6. The van der Waals surface area contributed by atoms with Crippen LogP contribution in [0.25, 0.3) is 0 Å². The van der Waals surface area contributed by atoms with Gasteiger partial charge in [-0.1, -0.05) is 29.3 Å². The zero-order chi connectivity index (χ0) is 12.0. The zero-order valence-electron chi connectivity index (χ0n) is 8.41. The third kappa shape index (κ3) is 4.51. The van der Waals surface area contributed by atoms with Crippen molar-refractivity contribution in [2.45, 2.75) is 0 Å². The molecule has 0 fully saturated rings. The van der Waals surface area contributed by atoms with Crippen LogP contribution in [0.1, 0.15) is 0 Å². The standard InChI is InChI=1S/C10H11Cl2NO2S/c11-7-2-1-3-8(12)10(7)15-4-5-16-6-9(13)14/h1-3H,4-6H2,(H2,13,14). The normalized spacial score (nSPS) is 10.1. The fraction of sp³-hybridized carbons (Fsp3) is 0.300. The molecule has 16 heavy (non-hydrogen) atoms. The number of ether oxygens (including phenoxy) is 1. The van der Waals surface area contributed by atoms with Gasteiger partial charge in [-0.15, -0.1) is 11.8 Å². The quantitative estimate of drug-likeness (QED) is 0.815. The van der Waals surface area contributed by atoms with Crippen LogP contribution in [0.15, 0.2) is 18.2 Å². The Morgan fingerprint density at radius 3 is 2.56 bits per heavy atom. The van der Waals surface area contributed by atoms with Gasteiger partial charge < -0.3 is 10.5 Å². The molecule has 6 heteroatoms. The minimum Gasteiger partial charge on any atom is -0.490 e. The summed E-state index contributed by atoms with van der Waals surface area (Å²) < 4.78 is 5.41. The molecule has 0 radical (unpaired) electrons. The third-order valence-corrected chi connectivity index (χ3v) is 3.18. The van der Waals surface area contributed by atoms with Crippen LogP contribution in [0.3, 0.4) is 0 Å². The molecule has 1 aromatic carbocycles. The highest BCUT2D eigenvalue weighted by Crippen LogP contribution is 2.32. The predicted octanol–water partition coefficient (Wildman–Crippen LogP) is 2.59. The van der Waals surface area contributed by atoms with E-state index in [9.17, 15) is 4.79 Å². The van der Waals surface area contributed by atoms with Crippen LogP contribution < -0.4 is 10.5 Å². The fourth-order valence-corrected chi connectivity index (χ4v) is 2.05. The van der Waals surface area contributed by atoms with Gasteiger partial charge in [0.05, 0.1) is 22.4 Å². The second-order valence-corrected chi connectivity index (χ2v) is 4.84. The summed E-state index contributed by atoms with van der Waals surface area (Å²) in [6, 6.07) is 5.16. The first kappa shape index (κ1) is 13.5. The molecule has 0 aliphatic heterocycles. The Balaban J connectivity index is 2.34. The van der Waals surface area contributed by atoms with E-state index in [0.717, 1.165) is 0 Å². The van der Waals surface area contributed by atoms with Crippen molar-refractivity contribution >= 4 is 40.9 Å². The topological polar surface area (TPSA) is 52.3 Å². The summed E-state index contributed by atoms with van der Waals surface area (Å²) in [6.45, 7) is 0.432. The number of hydrogen-bond acceptors (Lipinski definition) is 3. The van der Waals surface area contributed by atoms with Gasteiger partial charge in [0.25, 0.3) is 0 Å². The molecule has 0 spiro atoms. The number of thioether (sulfide) groups is 1. The van der Waals surface area contributed by atoms with Gasteiger partial charge in [0.1, 0.15) is 0 Å². The van der Waals surface area contributed by atoms with Crippen LogP contribution in [0.4, 0.5) is 0 Å². The van der Waals surface area contributed by atoms with Crippen LogP contribution in [0.2, 0.25) is 10.0 Å². The van der Waals surface area contributed by atoms with Crippen molar-refractivity contribution in [3.63, 3.8) is 0 Å². The number of amides is 1. The van der Waals surface area contributed by atoms with Crippen LogP contribution >= 0.6 is 35.0 Å². The number of para-hydroxylation sites is 1. The summed E-state index contributed by atoms with van der Waals surface area (Å²) in [5, 5.41) is 0.958. The maximum absolute atomic E-state index is 10.5. The monoisotopic (exact) mass is 279 g/mol. The molecule has 0 heterocycles. The van der Waals surface area contributed by atoms with E-state index in [2.05, 4.69) is 0 Å². The lowest BCUT2D eigenvalue weighted by Crippen LogP contribution is -2.14. The molecule has 0 saturated carbocycles. The summed E-state index contributed by atoms with van der Waals surface area (Å²) in [7, 11) is 0. The van der Waals surface area contributed by atoms with E-state index in [1.54, 1.807) is 18.2 Å². The molecule has 1 aromatic rings. The maximum Gasteiger partial charge on any atom is 0.227 e. The molecule has 0 bridgehead atoms. The Kier molecular flexibility index (Phi) is 5.80. The van der Waals surface area contributed by atoms with Gasteiger partial charge in [0.2, 0.25) is 5.91 Å². The SMILES string of the molecule is NC(=O)CSCCOc1c(Cl)cccc1Cl. The van der Waals surface area contributed by atoms with Crippen molar-refractivity contribution < 1.29 is 9.53 Å². The molecule has 0 aliphatic rings. The van der Waals surface area contributed by atoms with Gasteiger partial charge in [0.15, 0.2) is 5.75 Å². The lowest BCUT2D eigenvalue weighted by atomic mass is 10.3. The number of hydrogen-bond donors (Lipinski definition) is 1. The Morgan fingerprint density at radius 2 is 2.00 bits per heavy atom. The maximum atomic E-state index is 10.5. The van der Waals surface area contributed by atoms with E-state index in [1.165, 1.54) is 11.8 Å². The molecule has 1 amide bonds. The molecule has 0 atom stereocenters. The molecule has 0 unspecified atom stereocenters. The summed E-state index contributed by atoms with van der Waals surface area (Å²) in [6.07, 6.45) is 0. The first-order valence-electron chi connectivity index (χ1n) is 4.54. The highest BCUT2D eigenvalue weighted by atomic mass is 35.5. The minimum absolute atomic E-state index is 0.291. The smallest absolute Gasteiger partial charge is 0.227 e. The molecular weight excluding hydrogens is 269 g/mol. The average Bonchev–Trinajstić information content (AvgIpc) is 2.21. The van der Waals surface area contributed by atoms with Crippen molar-refractivity contribution in [2.24, 2.45) is 5.73 Å². The highest BCUT2D eigenvalue weighted by molar-refractivity contribution is 7.99. The number of halogens is 2. The molecule has 0 aromatic heterocycles. The first-order chi connectivity index (χ1) is 7.61. The molecule has 0 saturated heterocycles. The molecule has 1 rings (SSSR count). The summed E-state index contributed by atoms with van der Waals surface area (Å²) >= 11 is 13.2. The second-order valence-electron chi connectivity index (χ2n) is 2.92. The summed E-state index contributed by atoms with van der Waals surface area (Å²) in [4.78, 5) is 10.5. The number of carbonyl (C=O) groups excluding carboxylic acids is 1. The fourth-order valence-electron chi connectivity index (χ4n) is 0.996. The van der Waals surface area contributed by atoms with Crippen molar-refractivity contribution in [1.29, 1.82) is 0 Å². The van der Waals surface area contributed by atoms with E-state index in [1.807, 2.05) is 0 Å². The average molecular weight is 280 g/mol. The summed E-state index contributed by atoms with van der Waals surface area (Å²) in [5.74, 6) is 1.09. The van der Waals surface area contributed by atoms with Crippen LogP contribution in [0, 0.1) is 0 Å². The third-order valence-electron chi connectivity index (χ3n) is 1.64. The van der Waals surface area contributed by atoms with Crippen molar-refractivity contribution in [1.82, 2.24) is 0 Å². The van der Waals surface area contributed by atoms with E-state index in [4.69, 9.17) is 33.7 Å². The minimum atomic E-state index is -0.333. The van der Waals surface area contributed by atoms with E-state index in [0.29, 0.717) is 33.9 Å². The van der Waals surface area contributed by atoms with Crippen molar-refractivity contribution in [2.75, 3.05) is 18.1 Å². The Morgan fingerprint density at radius 1 is 1.38 bits per heavy atom. The lowest BCUT2D eigenvalue weighted by molar-refractivity contribution is -0.115. The molecule has 0 aliphatic carbocycles. The van der Waals surface area contributed by atoms with Crippen molar-refractivity contribution in [3.05, 3.63) is 28.2 Å². The molecule has 3 nitrogen and oxygen atoms in total. The predicted molar refractivity (Wildman–Crippen MR) is 68.5 cm³/mol. The van der Waals surface area contributed by atoms with Crippen LogP contribution in [0.5, 0.6) is 5.75 Å². The van der Waals surface area contributed by atoms with Crippen LogP contribution in [-0.4, -0.2) is 24.0 Å². The first-order valence-corrected chi connectivity index (χ1v) is 6.45. The summed E-state index contributed by atoms with van der Waals surface area (Å²) in [5.41, 5.74) is 4.99. The molecule has 88 valence electrons. The second kappa shape index (κ2) is 6.89. The van der Waals surface area contributed by atoms with Gasteiger partial charge in [-0.2, -0.15) is 0 Å². The molecule has 2 N–H and O–H groups in total. The van der Waals surface area contributed by atoms with Crippen molar-refractivity contribution in [3.8, 4) is 5.75 Å². The number of primary amides is 1. The van der Waals surface area contributed by atoms with E-state index >= 15 is 0 Å². The van der Waals surface area contributed by atoms with Gasteiger partial charge in [-0.25, -0.2) is 0 Å². The number of carbonyl (C=O) groups is 1. The number of nitrogens with two attached hydrogens (primary N) is 1.